The Morgan fingerprint density at radius 3 is 2.59 bits per heavy atom. The second-order valence-corrected chi connectivity index (χ2v) is 7.48. The lowest BCUT2D eigenvalue weighted by Crippen LogP contribution is -2.40. The number of aromatic nitrogens is 4. The van der Waals surface area contributed by atoms with Crippen LogP contribution >= 0.6 is 23.2 Å². The molecule has 0 atom stereocenters. The first-order valence-electron chi connectivity index (χ1n) is 8.53. The Labute approximate surface area is 166 Å². The molecule has 9 heteroatoms. The van der Waals surface area contributed by atoms with E-state index >= 15 is 0 Å². The van der Waals surface area contributed by atoms with Crippen LogP contribution in [0.25, 0.3) is 11.2 Å². The van der Waals surface area contributed by atoms with Gasteiger partial charge in [-0.1, -0.05) is 29.3 Å². The first kappa shape index (κ1) is 19.7. The Morgan fingerprint density at radius 2 is 1.89 bits per heavy atom. The van der Waals surface area contributed by atoms with Crippen molar-refractivity contribution in [3.05, 3.63) is 61.0 Å². The van der Waals surface area contributed by atoms with Gasteiger partial charge in [-0.05, 0) is 37.7 Å². The van der Waals surface area contributed by atoms with Gasteiger partial charge in [0.1, 0.15) is 0 Å². The van der Waals surface area contributed by atoms with Gasteiger partial charge in [0.05, 0.1) is 16.4 Å². The van der Waals surface area contributed by atoms with Gasteiger partial charge in [-0.3, -0.25) is 13.9 Å². The Balaban J connectivity index is 1.70. The molecule has 1 aromatic carbocycles. The molecule has 0 amide bonds. The van der Waals surface area contributed by atoms with Crippen molar-refractivity contribution < 1.29 is 0 Å². The zero-order valence-electron chi connectivity index (χ0n) is 15.4. The molecule has 0 aliphatic rings. The van der Waals surface area contributed by atoms with E-state index in [0.29, 0.717) is 40.7 Å². The molecule has 0 spiro atoms. The van der Waals surface area contributed by atoms with Gasteiger partial charge < -0.3 is 9.47 Å². The highest BCUT2D eigenvalue weighted by Crippen LogP contribution is 2.23. The fraction of sp³-hybridized carbons (Fsp3) is 0.389. The predicted molar refractivity (Wildman–Crippen MR) is 108 cm³/mol. The summed E-state index contributed by atoms with van der Waals surface area (Å²) < 4.78 is 4.33. The van der Waals surface area contributed by atoms with Crippen LogP contribution in [0.4, 0.5) is 0 Å². The lowest BCUT2D eigenvalue weighted by Gasteiger charge is -2.17. The van der Waals surface area contributed by atoms with Crippen LogP contribution in [-0.2, 0) is 27.2 Å². The maximum absolute atomic E-state index is 12.7. The SMILES string of the molecule is CN(CCCn1c(=O)c2c(ncn2C)n(C)c1=O)Cc1ccc(Cl)c(Cl)c1. The molecule has 0 N–H and O–H groups in total. The molecule has 3 aromatic rings. The summed E-state index contributed by atoms with van der Waals surface area (Å²) in [5.41, 5.74) is 1.23. The number of hydrogen-bond acceptors (Lipinski definition) is 4. The number of nitrogens with zero attached hydrogens (tertiary/aromatic N) is 5. The van der Waals surface area contributed by atoms with Crippen molar-refractivity contribution in [3.63, 3.8) is 0 Å². The van der Waals surface area contributed by atoms with Crippen LogP contribution in [-0.4, -0.2) is 37.2 Å². The third-order valence-corrected chi connectivity index (χ3v) is 5.30. The lowest BCUT2D eigenvalue weighted by atomic mass is 10.2. The summed E-state index contributed by atoms with van der Waals surface area (Å²) in [4.78, 5) is 31.4. The van der Waals surface area contributed by atoms with Crippen molar-refractivity contribution in [2.45, 2.75) is 19.5 Å². The minimum absolute atomic E-state index is 0.305. The zero-order valence-corrected chi connectivity index (χ0v) is 17.0. The monoisotopic (exact) mass is 409 g/mol. The molecular weight excluding hydrogens is 389 g/mol. The number of hydrogen-bond donors (Lipinski definition) is 0. The van der Waals surface area contributed by atoms with Crippen LogP contribution in [0.1, 0.15) is 12.0 Å². The predicted octanol–water partition coefficient (Wildman–Crippen LogP) is 2.26. The van der Waals surface area contributed by atoms with Gasteiger partial charge in [-0.2, -0.15) is 0 Å². The summed E-state index contributed by atoms with van der Waals surface area (Å²) in [6.45, 7) is 1.77. The molecule has 2 heterocycles. The first-order valence-corrected chi connectivity index (χ1v) is 9.28. The molecule has 0 saturated heterocycles. The average Bonchev–Trinajstić information content (AvgIpc) is 3.01. The van der Waals surface area contributed by atoms with Gasteiger partial charge in [0.2, 0.25) is 0 Å². The molecule has 2 aromatic heterocycles. The van der Waals surface area contributed by atoms with Gasteiger partial charge in [0.15, 0.2) is 11.2 Å². The van der Waals surface area contributed by atoms with E-state index in [1.165, 1.54) is 9.13 Å². The Hall–Kier alpha value is -2.09. The van der Waals surface area contributed by atoms with Gasteiger partial charge >= 0.3 is 5.69 Å². The smallest absolute Gasteiger partial charge is 0.328 e. The van der Waals surface area contributed by atoms with E-state index in [-0.39, 0.29) is 11.2 Å². The number of benzene rings is 1. The largest absolute Gasteiger partial charge is 0.332 e. The van der Waals surface area contributed by atoms with Gasteiger partial charge in [0.25, 0.3) is 5.56 Å². The quantitative estimate of drug-likeness (QED) is 0.626. The topological polar surface area (TPSA) is 65.1 Å². The van der Waals surface area contributed by atoms with E-state index < -0.39 is 0 Å². The van der Waals surface area contributed by atoms with Crippen LogP contribution < -0.4 is 11.2 Å². The fourth-order valence-corrected chi connectivity index (χ4v) is 3.44. The van der Waals surface area contributed by atoms with Crippen LogP contribution in [0.15, 0.2) is 34.1 Å². The molecule has 0 bridgehead atoms. The average molecular weight is 410 g/mol. The highest BCUT2D eigenvalue weighted by Gasteiger charge is 2.14. The molecule has 0 unspecified atom stereocenters. The number of aryl methyl sites for hydroxylation is 2. The fourth-order valence-electron chi connectivity index (χ4n) is 3.12. The minimum Gasteiger partial charge on any atom is -0.328 e. The van der Waals surface area contributed by atoms with E-state index in [1.807, 2.05) is 19.2 Å². The van der Waals surface area contributed by atoms with Crippen molar-refractivity contribution in [1.82, 2.24) is 23.6 Å². The van der Waals surface area contributed by atoms with E-state index in [1.54, 1.807) is 31.1 Å². The molecule has 0 radical (unpaired) electrons. The maximum Gasteiger partial charge on any atom is 0.332 e. The normalized spacial score (nSPS) is 11.6. The zero-order chi connectivity index (χ0) is 19.7. The summed E-state index contributed by atoms with van der Waals surface area (Å²) >= 11 is 12.0. The van der Waals surface area contributed by atoms with Gasteiger partial charge in [-0.15, -0.1) is 0 Å². The summed E-state index contributed by atoms with van der Waals surface area (Å²) in [6, 6.07) is 5.55. The van der Waals surface area contributed by atoms with Crippen molar-refractivity contribution in [3.8, 4) is 0 Å². The van der Waals surface area contributed by atoms with Crippen LogP contribution in [0.5, 0.6) is 0 Å². The van der Waals surface area contributed by atoms with Crippen molar-refractivity contribution in [2.24, 2.45) is 14.1 Å². The minimum atomic E-state index is -0.349. The van der Waals surface area contributed by atoms with Gasteiger partial charge in [-0.25, -0.2) is 9.78 Å². The molecule has 27 heavy (non-hydrogen) atoms. The van der Waals surface area contributed by atoms with E-state index in [4.69, 9.17) is 23.2 Å². The second-order valence-electron chi connectivity index (χ2n) is 6.67. The molecular formula is C18H21Cl2N5O2. The number of halogens is 2. The maximum atomic E-state index is 12.7. The highest BCUT2D eigenvalue weighted by atomic mass is 35.5. The van der Waals surface area contributed by atoms with Crippen LogP contribution in [0.3, 0.4) is 0 Å². The van der Waals surface area contributed by atoms with E-state index in [9.17, 15) is 9.59 Å². The molecule has 0 aliphatic heterocycles. The van der Waals surface area contributed by atoms with E-state index in [0.717, 1.165) is 12.1 Å². The van der Waals surface area contributed by atoms with Crippen LogP contribution in [0, 0.1) is 0 Å². The summed E-state index contributed by atoms with van der Waals surface area (Å²) in [7, 11) is 5.36. The van der Waals surface area contributed by atoms with Crippen molar-refractivity contribution in [2.75, 3.05) is 13.6 Å². The Bertz CT molecular complexity index is 1100. The van der Waals surface area contributed by atoms with Crippen LogP contribution in [0.2, 0.25) is 10.0 Å². The molecule has 0 saturated carbocycles. The number of fused-ring (bicyclic) bond motifs is 1. The lowest BCUT2D eigenvalue weighted by molar-refractivity contribution is 0.312. The van der Waals surface area contributed by atoms with Gasteiger partial charge in [0, 0.05) is 27.2 Å². The summed E-state index contributed by atoms with van der Waals surface area (Å²) in [6.07, 6.45) is 2.21. The number of imidazole rings is 1. The summed E-state index contributed by atoms with van der Waals surface area (Å²) in [5.74, 6) is 0. The third kappa shape index (κ3) is 3.95. The standard InChI is InChI=1S/C18H21Cl2N5O2/c1-22(10-12-5-6-13(19)14(20)9-12)7-4-8-25-17(26)15-16(21-11-23(15)2)24(3)18(25)27/h5-6,9,11H,4,7-8,10H2,1-3H3. The second kappa shape index (κ2) is 7.88. The molecule has 0 aliphatic carbocycles. The molecule has 144 valence electrons. The molecule has 3 rings (SSSR count). The molecule has 7 nitrogen and oxygen atoms in total. The first-order chi connectivity index (χ1) is 12.8. The summed E-state index contributed by atoms with van der Waals surface area (Å²) in [5, 5.41) is 1.06. The Morgan fingerprint density at radius 1 is 1.15 bits per heavy atom. The van der Waals surface area contributed by atoms with E-state index in [2.05, 4.69) is 9.88 Å². The van der Waals surface area contributed by atoms with Crippen molar-refractivity contribution >= 4 is 34.4 Å². The Kier molecular flexibility index (Phi) is 5.74. The van der Waals surface area contributed by atoms with Crippen molar-refractivity contribution in [1.29, 1.82) is 0 Å². The third-order valence-electron chi connectivity index (χ3n) is 4.56. The molecule has 0 fully saturated rings. The number of rotatable bonds is 6. The highest BCUT2D eigenvalue weighted by molar-refractivity contribution is 6.42.